The summed E-state index contributed by atoms with van der Waals surface area (Å²) in [5.41, 5.74) is 1.70. The van der Waals surface area contributed by atoms with Crippen molar-refractivity contribution in [2.24, 2.45) is 0 Å². The molecule has 3 heteroatoms. The molecule has 0 radical (unpaired) electrons. The Balaban J connectivity index is 2.55. The minimum absolute atomic E-state index is 0.330. The Morgan fingerprint density at radius 3 is 2.47 bits per heavy atom. The predicted molar refractivity (Wildman–Crippen MR) is 61.2 cm³/mol. The van der Waals surface area contributed by atoms with Gasteiger partial charge in [0.2, 0.25) is 0 Å². The third-order valence-electron chi connectivity index (χ3n) is 2.13. The van der Waals surface area contributed by atoms with E-state index in [2.05, 4.69) is 15.9 Å². The van der Waals surface area contributed by atoms with Crippen LogP contribution in [0.5, 0.6) is 5.75 Å². The van der Waals surface area contributed by atoms with Crippen LogP contribution in [0.15, 0.2) is 46.9 Å². The van der Waals surface area contributed by atoms with Gasteiger partial charge in [0.15, 0.2) is 11.6 Å². The van der Waals surface area contributed by atoms with Gasteiger partial charge in [0.05, 0.1) is 0 Å². The fraction of sp³-hybridized carbons (Fsp3) is 0. The first-order valence-electron chi connectivity index (χ1n) is 4.42. The number of aromatic hydroxyl groups is 1. The second-order valence-electron chi connectivity index (χ2n) is 3.15. The highest BCUT2D eigenvalue weighted by Gasteiger charge is 2.05. The van der Waals surface area contributed by atoms with Gasteiger partial charge in [-0.3, -0.25) is 0 Å². The lowest BCUT2D eigenvalue weighted by molar-refractivity contribution is 0.433. The highest BCUT2D eigenvalue weighted by Crippen LogP contribution is 2.30. The van der Waals surface area contributed by atoms with Crippen LogP contribution in [0, 0.1) is 5.82 Å². The fourth-order valence-electron chi connectivity index (χ4n) is 1.38. The summed E-state index contributed by atoms with van der Waals surface area (Å²) >= 11 is 3.40. The van der Waals surface area contributed by atoms with Gasteiger partial charge in [-0.2, -0.15) is 0 Å². The summed E-state index contributed by atoms with van der Waals surface area (Å²) in [4.78, 5) is 0. The topological polar surface area (TPSA) is 20.2 Å². The Labute approximate surface area is 95.3 Å². The highest BCUT2D eigenvalue weighted by molar-refractivity contribution is 9.10. The molecule has 0 saturated carbocycles. The second kappa shape index (κ2) is 4.03. The molecule has 0 aromatic heterocycles. The van der Waals surface area contributed by atoms with E-state index in [-0.39, 0.29) is 5.75 Å². The highest BCUT2D eigenvalue weighted by atomic mass is 79.9. The van der Waals surface area contributed by atoms with Crippen LogP contribution in [0.3, 0.4) is 0 Å². The summed E-state index contributed by atoms with van der Waals surface area (Å²) in [6.07, 6.45) is 0. The zero-order valence-electron chi connectivity index (χ0n) is 7.74. The molecule has 0 atom stereocenters. The zero-order valence-corrected chi connectivity index (χ0v) is 9.33. The maximum Gasteiger partial charge on any atom is 0.164 e. The molecule has 0 unspecified atom stereocenters. The maximum absolute atomic E-state index is 12.9. The van der Waals surface area contributed by atoms with E-state index < -0.39 is 5.82 Å². The zero-order chi connectivity index (χ0) is 10.8. The summed E-state index contributed by atoms with van der Waals surface area (Å²) in [5.74, 6) is -0.936. The molecule has 0 bridgehead atoms. The van der Waals surface area contributed by atoms with Gasteiger partial charge in [0, 0.05) is 4.47 Å². The molecular formula is C12H8BrFO. The standard InChI is InChI=1S/C12H8BrFO/c13-10-4-2-1-3-9(10)8-5-6-11(14)12(15)7-8/h1-7,15H. The Morgan fingerprint density at radius 2 is 1.80 bits per heavy atom. The molecule has 0 saturated heterocycles. The van der Waals surface area contributed by atoms with Gasteiger partial charge in [-0.15, -0.1) is 0 Å². The summed E-state index contributed by atoms with van der Waals surface area (Å²) in [5, 5.41) is 9.26. The van der Waals surface area contributed by atoms with Crippen molar-refractivity contribution < 1.29 is 9.50 Å². The van der Waals surface area contributed by atoms with E-state index in [0.29, 0.717) is 0 Å². The molecule has 0 amide bonds. The van der Waals surface area contributed by atoms with Crippen LogP contribution in [0.1, 0.15) is 0 Å². The molecule has 1 N–H and O–H groups in total. The molecule has 0 aliphatic rings. The average Bonchev–Trinajstić information content (AvgIpc) is 2.23. The number of hydrogen-bond donors (Lipinski definition) is 1. The molecule has 2 aromatic carbocycles. The third-order valence-corrected chi connectivity index (χ3v) is 2.82. The second-order valence-corrected chi connectivity index (χ2v) is 4.00. The van der Waals surface area contributed by atoms with Crippen LogP contribution < -0.4 is 0 Å². The van der Waals surface area contributed by atoms with E-state index in [0.717, 1.165) is 15.6 Å². The van der Waals surface area contributed by atoms with Gasteiger partial charge in [-0.25, -0.2) is 4.39 Å². The lowest BCUT2D eigenvalue weighted by Crippen LogP contribution is -1.81. The number of phenolic OH excluding ortho intramolecular Hbond substituents is 1. The Hall–Kier alpha value is -1.35. The predicted octanol–water partition coefficient (Wildman–Crippen LogP) is 3.96. The van der Waals surface area contributed by atoms with E-state index in [1.54, 1.807) is 6.07 Å². The molecule has 76 valence electrons. The Morgan fingerprint density at radius 1 is 1.07 bits per heavy atom. The molecule has 0 spiro atoms. The van der Waals surface area contributed by atoms with E-state index in [1.165, 1.54) is 12.1 Å². The molecule has 0 aliphatic heterocycles. The average molecular weight is 267 g/mol. The summed E-state index contributed by atoms with van der Waals surface area (Å²) in [7, 11) is 0. The number of phenols is 1. The van der Waals surface area contributed by atoms with Crippen LogP contribution in [-0.2, 0) is 0 Å². The van der Waals surface area contributed by atoms with Crippen molar-refractivity contribution >= 4 is 15.9 Å². The maximum atomic E-state index is 12.9. The van der Waals surface area contributed by atoms with E-state index in [9.17, 15) is 9.50 Å². The van der Waals surface area contributed by atoms with Crippen molar-refractivity contribution in [2.75, 3.05) is 0 Å². The molecule has 0 aliphatic carbocycles. The summed E-state index contributed by atoms with van der Waals surface area (Å²) in [6, 6.07) is 11.9. The van der Waals surface area contributed by atoms with Gasteiger partial charge >= 0.3 is 0 Å². The Bertz CT molecular complexity index is 497. The lowest BCUT2D eigenvalue weighted by Gasteiger charge is -2.05. The molecule has 1 nitrogen and oxygen atoms in total. The summed E-state index contributed by atoms with van der Waals surface area (Å²) < 4.78 is 13.8. The smallest absolute Gasteiger partial charge is 0.164 e. The van der Waals surface area contributed by atoms with E-state index in [1.807, 2.05) is 24.3 Å². The number of rotatable bonds is 1. The van der Waals surface area contributed by atoms with Gasteiger partial charge in [0.25, 0.3) is 0 Å². The number of hydrogen-bond acceptors (Lipinski definition) is 1. The lowest BCUT2D eigenvalue weighted by atomic mass is 10.1. The monoisotopic (exact) mass is 266 g/mol. The van der Waals surface area contributed by atoms with Crippen molar-refractivity contribution in [3.05, 3.63) is 52.8 Å². The van der Waals surface area contributed by atoms with Gasteiger partial charge in [-0.1, -0.05) is 40.2 Å². The largest absolute Gasteiger partial charge is 0.505 e. The number of halogens is 2. The first-order valence-corrected chi connectivity index (χ1v) is 5.21. The van der Waals surface area contributed by atoms with Gasteiger partial charge < -0.3 is 5.11 Å². The first kappa shape index (κ1) is 10.2. The fourth-order valence-corrected chi connectivity index (χ4v) is 1.89. The molecular weight excluding hydrogens is 259 g/mol. The van der Waals surface area contributed by atoms with E-state index in [4.69, 9.17) is 0 Å². The normalized spacial score (nSPS) is 10.3. The van der Waals surface area contributed by atoms with Crippen LogP contribution in [-0.4, -0.2) is 5.11 Å². The quantitative estimate of drug-likeness (QED) is 0.829. The van der Waals surface area contributed by atoms with Crippen LogP contribution in [0.4, 0.5) is 4.39 Å². The van der Waals surface area contributed by atoms with Gasteiger partial charge in [-0.05, 0) is 29.3 Å². The third kappa shape index (κ3) is 2.02. The number of benzene rings is 2. The SMILES string of the molecule is Oc1cc(-c2ccccc2Br)ccc1F. The summed E-state index contributed by atoms with van der Waals surface area (Å²) in [6.45, 7) is 0. The van der Waals surface area contributed by atoms with Crippen LogP contribution >= 0.6 is 15.9 Å². The molecule has 15 heavy (non-hydrogen) atoms. The van der Waals surface area contributed by atoms with Crippen LogP contribution in [0.2, 0.25) is 0 Å². The molecule has 0 heterocycles. The first-order chi connectivity index (χ1) is 7.18. The molecule has 2 aromatic rings. The van der Waals surface area contributed by atoms with Crippen molar-refractivity contribution in [3.63, 3.8) is 0 Å². The van der Waals surface area contributed by atoms with E-state index >= 15 is 0 Å². The van der Waals surface area contributed by atoms with Crippen LogP contribution in [0.25, 0.3) is 11.1 Å². The van der Waals surface area contributed by atoms with Crippen molar-refractivity contribution in [1.29, 1.82) is 0 Å². The Kier molecular flexibility index (Phi) is 2.73. The molecule has 0 fully saturated rings. The minimum atomic E-state index is -0.606. The molecule has 2 rings (SSSR count). The van der Waals surface area contributed by atoms with Crippen molar-refractivity contribution in [2.45, 2.75) is 0 Å². The van der Waals surface area contributed by atoms with Crippen molar-refractivity contribution in [3.8, 4) is 16.9 Å². The minimum Gasteiger partial charge on any atom is -0.505 e. The van der Waals surface area contributed by atoms with Crippen molar-refractivity contribution in [1.82, 2.24) is 0 Å². The van der Waals surface area contributed by atoms with Gasteiger partial charge in [0.1, 0.15) is 0 Å².